The molecule has 0 aliphatic carbocycles. The molecule has 0 unspecified atom stereocenters. The van der Waals surface area contributed by atoms with Gasteiger partial charge < -0.3 is 10.5 Å². The van der Waals surface area contributed by atoms with Gasteiger partial charge in [0.25, 0.3) is 0 Å². The van der Waals surface area contributed by atoms with Gasteiger partial charge in [0.05, 0.1) is 18.0 Å². The molecule has 4 nitrogen and oxygen atoms in total. The van der Waals surface area contributed by atoms with Crippen LogP contribution in [0.4, 0.5) is 16.2 Å². The number of nitrogens with two attached hydrogens (primary N) is 1. The van der Waals surface area contributed by atoms with Gasteiger partial charge in [-0.25, -0.2) is 4.79 Å². The molecular weight excluding hydrogens is 284 g/mol. The Balaban J connectivity index is 2.74. The first kappa shape index (κ1) is 13.8. The van der Waals surface area contributed by atoms with Crippen molar-refractivity contribution in [2.75, 3.05) is 24.3 Å². The molecule has 1 rings (SSSR count). The fourth-order valence-electron chi connectivity index (χ4n) is 1.26. The molecule has 1 aromatic carbocycles. The molecule has 0 bridgehead atoms. The predicted octanol–water partition coefficient (Wildman–Crippen LogP) is 3.26. The van der Waals surface area contributed by atoms with Crippen LogP contribution in [0.15, 0.2) is 22.7 Å². The maximum absolute atomic E-state index is 11.7. The highest BCUT2D eigenvalue weighted by Crippen LogP contribution is 2.26. The summed E-state index contributed by atoms with van der Waals surface area (Å²) < 4.78 is 6.00. The van der Waals surface area contributed by atoms with Crippen molar-refractivity contribution >= 4 is 33.4 Å². The Bertz CT molecular complexity index is 407. The van der Waals surface area contributed by atoms with Crippen LogP contribution in [0.25, 0.3) is 0 Å². The Labute approximate surface area is 110 Å². The average molecular weight is 301 g/mol. The number of halogens is 1. The van der Waals surface area contributed by atoms with Gasteiger partial charge in [0.1, 0.15) is 0 Å². The molecule has 1 amide bonds. The number of nitrogens with zero attached hydrogens (tertiary/aromatic N) is 1. The summed E-state index contributed by atoms with van der Waals surface area (Å²) in [4.78, 5) is 13.1. The van der Waals surface area contributed by atoms with E-state index in [1.54, 1.807) is 19.2 Å². The highest BCUT2D eigenvalue weighted by atomic mass is 79.9. The van der Waals surface area contributed by atoms with Crippen LogP contribution < -0.4 is 10.6 Å². The van der Waals surface area contributed by atoms with Crippen molar-refractivity contribution < 1.29 is 9.53 Å². The molecular formula is C12H17BrN2O2. The Kier molecular flexibility index (Phi) is 4.81. The summed E-state index contributed by atoms with van der Waals surface area (Å²) in [5, 5.41) is 0. The lowest BCUT2D eigenvalue weighted by molar-refractivity contribution is 0.141. The topological polar surface area (TPSA) is 55.6 Å². The summed E-state index contributed by atoms with van der Waals surface area (Å²) >= 11 is 3.32. The molecule has 0 heterocycles. The van der Waals surface area contributed by atoms with Crippen LogP contribution in [0.5, 0.6) is 0 Å². The van der Waals surface area contributed by atoms with Crippen molar-refractivity contribution in [1.29, 1.82) is 0 Å². The zero-order valence-corrected chi connectivity index (χ0v) is 11.8. The van der Waals surface area contributed by atoms with Gasteiger partial charge in [0.2, 0.25) is 0 Å². The van der Waals surface area contributed by atoms with Crippen molar-refractivity contribution in [3.63, 3.8) is 0 Å². The minimum Gasteiger partial charge on any atom is -0.449 e. The number of hydrogen-bond acceptors (Lipinski definition) is 3. The molecule has 17 heavy (non-hydrogen) atoms. The van der Waals surface area contributed by atoms with Crippen molar-refractivity contribution in [3.05, 3.63) is 22.7 Å². The standard InChI is InChI=1S/C12H17BrN2O2/c1-8(2)7-17-12(16)15(3)11-5-4-9(13)6-10(11)14/h4-6,8H,7,14H2,1-3H3. The highest BCUT2D eigenvalue weighted by molar-refractivity contribution is 9.10. The summed E-state index contributed by atoms with van der Waals surface area (Å²) in [6, 6.07) is 5.36. The van der Waals surface area contributed by atoms with E-state index in [9.17, 15) is 4.79 Å². The number of carbonyl (C=O) groups excluding carboxylic acids is 1. The Morgan fingerprint density at radius 2 is 2.18 bits per heavy atom. The van der Waals surface area contributed by atoms with E-state index in [4.69, 9.17) is 10.5 Å². The van der Waals surface area contributed by atoms with E-state index in [0.29, 0.717) is 23.9 Å². The van der Waals surface area contributed by atoms with Crippen LogP contribution in [0.1, 0.15) is 13.8 Å². The number of ether oxygens (including phenoxy) is 1. The molecule has 0 saturated heterocycles. The van der Waals surface area contributed by atoms with Crippen LogP contribution in [-0.4, -0.2) is 19.7 Å². The minimum absolute atomic E-state index is 0.314. The summed E-state index contributed by atoms with van der Waals surface area (Å²) in [6.07, 6.45) is -0.396. The maximum atomic E-state index is 11.7. The number of hydrogen-bond donors (Lipinski definition) is 1. The maximum Gasteiger partial charge on any atom is 0.414 e. The molecule has 2 N–H and O–H groups in total. The third kappa shape index (κ3) is 3.93. The van der Waals surface area contributed by atoms with E-state index in [1.807, 2.05) is 19.9 Å². The second kappa shape index (κ2) is 5.91. The molecule has 0 aromatic heterocycles. The van der Waals surface area contributed by atoms with Crippen molar-refractivity contribution in [2.45, 2.75) is 13.8 Å². The zero-order chi connectivity index (χ0) is 13.0. The van der Waals surface area contributed by atoms with Gasteiger partial charge in [-0.3, -0.25) is 4.90 Å². The van der Waals surface area contributed by atoms with Gasteiger partial charge in [-0.1, -0.05) is 29.8 Å². The molecule has 0 aliphatic rings. The quantitative estimate of drug-likeness (QED) is 0.872. The van der Waals surface area contributed by atoms with Gasteiger partial charge >= 0.3 is 6.09 Å². The van der Waals surface area contributed by atoms with E-state index >= 15 is 0 Å². The Hall–Kier alpha value is -1.23. The van der Waals surface area contributed by atoms with E-state index in [2.05, 4.69) is 15.9 Å². The lowest BCUT2D eigenvalue weighted by Gasteiger charge is -2.19. The Morgan fingerprint density at radius 1 is 1.53 bits per heavy atom. The lowest BCUT2D eigenvalue weighted by atomic mass is 10.2. The first-order chi connectivity index (χ1) is 7.91. The van der Waals surface area contributed by atoms with Gasteiger partial charge in [0, 0.05) is 11.5 Å². The SMILES string of the molecule is CC(C)COC(=O)N(C)c1ccc(Br)cc1N. The average Bonchev–Trinajstić information content (AvgIpc) is 2.25. The summed E-state index contributed by atoms with van der Waals surface area (Å²) in [5.74, 6) is 0.314. The number of benzene rings is 1. The van der Waals surface area contributed by atoms with Crippen molar-refractivity contribution in [3.8, 4) is 0 Å². The van der Waals surface area contributed by atoms with Crippen molar-refractivity contribution in [1.82, 2.24) is 0 Å². The van der Waals surface area contributed by atoms with Crippen molar-refractivity contribution in [2.24, 2.45) is 5.92 Å². The fourth-order valence-corrected chi connectivity index (χ4v) is 1.64. The highest BCUT2D eigenvalue weighted by Gasteiger charge is 2.15. The lowest BCUT2D eigenvalue weighted by Crippen LogP contribution is -2.28. The molecule has 0 fully saturated rings. The van der Waals surface area contributed by atoms with E-state index in [-0.39, 0.29) is 0 Å². The van der Waals surface area contributed by atoms with Crippen LogP contribution in [0.2, 0.25) is 0 Å². The summed E-state index contributed by atoms with van der Waals surface area (Å²) in [5.41, 5.74) is 7.01. The number of carbonyl (C=O) groups is 1. The Morgan fingerprint density at radius 3 is 2.71 bits per heavy atom. The number of amides is 1. The number of rotatable bonds is 3. The molecule has 1 aromatic rings. The molecule has 0 saturated carbocycles. The van der Waals surface area contributed by atoms with E-state index < -0.39 is 6.09 Å². The molecule has 0 atom stereocenters. The first-order valence-electron chi connectivity index (χ1n) is 5.37. The molecule has 94 valence electrons. The first-order valence-corrected chi connectivity index (χ1v) is 6.16. The fraction of sp³-hybridized carbons (Fsp3) is 0.417. The van der Waals surface area contributed by atoms with Gasteiger partial charge in [-0.05, 0) is 24.1 Å². The molecule has 5 heteroatoms. The second-order valence-corrected chi connectivity index (χ2v) is 5.15. The van der Waals surface area contributed by atoms with Crippen LogP contribution >= 0.6 is 15.9 Å². The smallest absolute Gasteiger partial charge is 0.414 e. The van der Waals surface area contributed by atoms with Crippen LogP contribution in [-0.2, 0) is 4.74 Å². The monoisotopic (exact) mass is 300 g/mol. The van der Waals surface area contributed by atoms with Gasteiger partial charge in [-0.15, -0.1) is 0 Å². The molecule has 0 spiro atoms. The van der Waals surface area contributed by atoms with E-state index in [0.717, 1.165) is 4.47 Å². The number of nitrogen functional groups attached to an aromatic ring is 1. The number of anilines is 2. The molecule has 0 aliphatic heterocycles. The third-order valence-electron chi connectivity index (χ3n) is 2.16. The minimum atomic E-state index is -0.396. The molecule has 0 radical (unpaired) electrons. The predicted molar refractivity (Wildman–Crippen MR) is 73.1 cm³/mol. The second-order valence-electron chi connectivity index (χ2n) is 4.23. The van der Waals surface area contributed by atoms with Crippen LogP contribution in [0.3, 0.4) is 0 Å². The zero-order valence-electron chi connectivity index (χ0n) is 10.2. The van der Waals surface area contributed by atoms with Gasteiger partial charge in [0.15, 0.2) is 0 Å². The van der Waals surface area contributed by atoms with Gasteiger partial charge in [-0.2, -0.15) is 0 Å². The largest absolute Gasteiger partial charge is 0.449 e. The summed E-state index contributed by atoms with van der Waals surface area (Å²) in [7, 11) is 1.64. The van der Waals surface area contributed by atoms with E-state index in [1.165, 1.54) is 4.90 Å². The van der Waals surface area contributed by atoms with Crippen LogP contribution in [0, 0.1) is 5.92 Å². The normalized spacial score (nSPS) is 10.4. The summed E-state index contributed by atoms with van der Waals surface area (Å²) in [6.45, 7) is 4.38. The third-order valence-corrected chi connectivity index (χ3v) is 2.66.